The van der Waals surface area contributed by atoms with Gasteiger partial charge in [0, 0.05) is 16.6 Å². The summed E-state index contributed by atoms with van der Waals surface area (Å²) in [5, 5.41) is 21.5. The maximum absolute atomic E-state index is 13.3. The van der Waals surface area contributed by atoms with Gasteiger partial charge in [0.25, 0.3) is 11.7 Å². The van der Waals surface area contributed by atoms with E-state index >= 15 is 0 Å². The number of hydrogen-bond acceptors (Lipinski definition) is 7. The van der Waals surface area contributed by atoms with Crippen LogP contribution < -0.4 is 14.2 Å². The quantitative estimate of drug-likeness (QED) is 0.202. The predicted molar refractivity (Wildman–Crippen MR) is 146 cm³/mol. The molecule has 1 amide bonds. The molecule has 38 heavy (non-hydrogen) atoms. The van der Waals surface area contributed by atoms with Gasteiger partial charge in [0.1, 0.15) is 5.76 Å². The van der Waals surface area contributed by atoms with Crippen LogP contribution in [0.5, 0.6) is 23.0 Å². The molecule has 1 saturated heterocycles. The van der Waals surface area contributed by atoms with E-state index in [0.717, 1.165) is 10.0 Å². The highest BCUT2D eigenvalue weighted by Gasteiger charge is 2.46. The molecule has 9 heteroatoms. The van der Waals surface area contributed by atoms with Crippen LogP contribution in [0.3, 0.4) is 0 Å². The summed E-state index contributed by atoms with van der Waals surface area (Å²) in [6.07, 6.45) is 0.415. The molecular weight excluding hydrogens is 554 g/mol. The summed E-state index contributed by atoms with van der Waals surface area (Å²) in [5.74, 6) is -0.489. The van der Waals surface area contributed by atoms with Gasteiger partial charge in [-0.1, -0.05) is 40.2 Å². The number of rotatable bonds is 9. The first-order chi connectivity index (χ1) is 18.3. The Kier molecular flexibility index (Phi) is 8.26. The fourth-order valence-corrected chi connectivity index (χ4v) is 4.74. The zero-order chi connectivity index (χ0) is 27.4. The van der Waals surface area contributed by atoms with Crippen molar-refractivity contribution in [2.75, 3.05) is 27.4 Å². The number of likely N-dealkylation sites (tertiary alicyclic amines) is 1. The fourth-order valence-electron chi connectivity index (χ4n) is 4.48. The van der Waals surface area contributed by atoms with Gasteiger partial charge in [-0.2, -0.15) is 0 Å². The molecule has 1 aliphatic heterocycles. The number of nitrogens with zero attached hydrogens (tertiary/aromatic N) is 1. The van der Waals surface area contributed by atoms with Gasteiger partial charge in [0.2, 0.25) is 0 Å². The number of aliphatic hydroxyl groups is 1. The first-order valence-electron chi connectivity index (χ1n) is 12.0. The van der Waals surface area contributed by atoms with Gasteiger partial charge in [-0.05, 0) is 60.9 Å². The second-order valence-corrected chi connectivity index (χ2v) is 9.51. The largest absolute Gasteiger partial charge is 0.507 e. The van der Waals surface area contributed by atoms with Crippen molar-refractivity contribution in [1.29, 1.82) is 0 Å². The summed E-state index contributed by atoms with van der Waals surface area (Å²) in [6.45, 7) is 2.29. The Labute approximate surface area is 229 Å². The number of Topliss-reactive ketones (excluding diaryl/α,β-unsaturated/α-hetero) is 1. The van der Waals surface area contributed by atoms with E-state index in [0.29, 0.717) is 35.7 Å². The van der Waals surface area contributed by atoms with Crippen LogP contribution in [0.2, 0.25) is 0 Å². The third-order valence-corrected chi connectivity index (χ3v) is 6.88. The van der Waals surface area contributed by atoms with Crippen molar-refractivity contribution in [3.8, 4) is 23.0 Å². The molecule has 0 saturated carbocycles. The van der Waals surface area contributed by atoms with E-state index < -0.39 is 17.7 Å². The van der Waals surface area contributed by atoms with Crippen LogP contribution in [0.25, 0.3) is 5.76 Å². The maximum Gasteiger partial charge on any atom is 0.295 e. The summed E-state index contributed by atoms with van der Waals surface area (Å²) < 4.78 is 17.0. The van der Waals surface area contributed by atoms with Crippen molar-refractivity contribution in [2.24, 2.45) is 0 Å². The SMILES string of the molecule is CCOc1cc([C@@H]2C(=C(O)c3ccc(Br)cc3)C(=O)C(=O)N2CCc2ccc(OC)c(OC)c2)ccc1O. The van der Waals surface area contributed by atoms with E-state index in [1.165, 1.54) is 11.0 Å². The molecule has 198 valence electrons. The van der Waals surface area contributed by atoms with Crippen LogP contribution in [-0.4, -0.2) is 54.2 Å². The molecule has 3 aromatic rings. The van der Waals surface area contributed by atoms with Gasteiger partial charge in [-0.3, -0.25) is 9.59 Å². The molecule has 1 heterocycles. The molecule has 0 aromatic heterocycles. The average Bonchev–Trinajstić information content (AvgIpc) is 3.18. The number of halogens is 1. The Morgan fingerprint density at radius 3 is 2.32 bits per heavy atom. The van der Waals surface area contributed by atoms with Crippen LogP contribution in [0.15, 0.2) is 70.7 Å². The average molecular weight is 582 g/mol. The molecular formula is C29H28BrNO7. The monoisotopic (exact) mass is 581 g/mol. The molecule has 0 aliphatic carbocycles. The van der Waals surface area contributed by atoms with Crippen LogP contribution in [-0.2, 0) is 16.0 Å². The normalized spacial score (nSPS) is 16.5. The summed E-state index contributed by atoms with van der Waals surface area (Å²) in [4.78, 5) is 28.1. The highest BCUT2D eigenvalue weighted by Crippen LogP contribution is 2.42. The van der Waals surface area contributed by atoms with E-state index in [-0.39, 0.29) is 29.4 Å². The van der Waals surface area contributed by atoms with Gasteiger partial charge in [-0.25, -0.2) is 0 Å². The molecule has 0 spiro atoms. The zero-order valence-corrected chi connectivity index (χ0v) is 22.8. The number of ketones is 1. The van der Waals surface area contributed by atoms with Crippen LogP contribution in [0.4, 0.5) is 0 Å². The first kappa shape index (κ1) is 27.1. The molecule has 1 atom stereocenters. The van der Waals surface area contributed by atoms with E-state index in [9.17, 15) is 19.8 Å². The van der Waals surface area contributed by atoms with Gasteiger partial charge < -0.3 is 29.3 Å². The van der Waals surface area contributed by atoms with E-state index in [1.807, 2.05) is 12.1 Å². The van der Waals surface area contributed by atoms with Gasteiger partial charge >= 0.3 is 0 Å². The lowest BCUT2D eigenvalue weighted by atomic mass is 9.95. The van der Waals surface area contributed by atoms with Crippen molar-refractivity contribution in [2.45, 2.75) is 19.4 Å². The number of benzene rings is 3. The Morgan fingerprint density at radius 1 is 0.947 bits per heavy atom. The predicted octanol–water partition coefficient (Wildman–Crippen LogP) is 5.24. The Morgan fingerprint density at radius 2 is 1.66 bits per heavy atom. The summed E-state index contributed by atoms with van der Waals surface area (Å²) >= 11 is 3.37. The molecule has 1 fully saturated rings. The summed E-state index contributed by atoms with van der Waals surface area (Å²) in [7, 11) is 3.10. The van der Waals surface area contributed by atoms with Crippen molar-refractivity contribution in [1.82, 2.24) is 4.90 Å². The van der Waals surface area contributed by atoms with Crippen LogP contribution in [0.1, 0.15) is 29.7 Å². The number of methoxy groups -OCH3 is 2. The summed E-state index contributed by atoms with van der Waals surface area (Å²) in [6, 6.07) is 16.0. The van der Waals surface area contributed by atoms with Crippen molar-refractivity contribution in [3.63, 3.8) is 0 Å². The lowest BCUT2D eigenvalue weighted by Gasteiger charge is -2.26. The van der Waals surface area contributed by atoms with Crippen LogP contribution >= 0.6 is 15.9 Å². The highest BCUT2D eigenvalue weighted by molar-refractivity contribution is 9.10. The highest BCUT2D eigenvalue weighted by atomic mass is 79.9. The second-order valence-electron chi connectivity index (χ2n) is 8.60. The number of aromatic hydroxyl groups is 1. The van der Waals surface area contributed by atoms with E-state index in [2.05, 4.69) is 15.9 Å². The number of phenols is 1. The molecule has 0 radical (unpaired) electrons. The lowest BCUT2D eigenvalue weighted by Crippen LogP contribution is -2.31. The van der Waals surface area contributed by atoms with E-state index in [1.54, 1.807) is 63.6 Å². The minimum Gasteiger partial charge on any atom is -0.507 e. The number of carbonyl (C=O) groups is 2. The lowest BCUT2D eigenvalue weighted by molar-refractivity contribution is -0.139. The molecule has 1 aliphatic rings. The number of amides is 1. The second kappa shape index (κ2) is 11.6. The minimum absolute atomic E-state index is 0.0298. The van der Waals surface area contributed by atoms with Gasteiger partial charge in [0.05, 0.1) is 32.4 Å². The maximum atomic E-state index is 13.3. The standard InChI is InChI=1S/C29H28BrNO7/c1-4-38-23-16-19(8-11-21(23)32)26-25(27(33)18-6-9-20(30)10-7-18)28(34)29(35)31(26)14-13-17-5-12-22(36-2)24(15-17)37-3/h5-12,15-16,26,32-33H,4,13-14H2,1-3H3/t26-/m1/s1. The van der Waals surface area contributed by atoms with E-state index in [4.69, 9.17) is 14.2 Å². The molecule has 3 aromatic carbocycles. The Balaban J connectivity index is 1.78. The molecule has 0 bridgehead atoms. The number of phenolic OH excluding ortho intramolecular Hbond substituents is 1. The third kappa shape index (κ3) is 5.33. The fraction of sp³-hybridized carbons (Fsp3) is 0.241. The zero-order valence-electron chi connectivity index (χ0n) is 21.2. The Bertz CT molecular complexity index is 1380. The topological polar surface area (TPSA) is 106 Å². The van der Waals surface area contributed by atoms with Crippen molar-refractivity contribution < 1.29 is 34.0 Å². The van der Waals surface area contributed by atoms with Crippen LogP contribution in [0, 0.1) is 0 Å². The van der Waals surface area contributed by atoms with Gasteiger partial charge in [-0.15, -0.1) is 0 Å². The summed E-state index contributed by atoms with van der Waals surface area (Å²) in [5.41, 5.74) is 1.77. The smallest absolute Gasteiger partial charge is 0.295 e. The van der Waals surface area contributed by atoms with Crippen molar-refractivity contribution >= 4 is 33.4 Å². The number of ether oxygens (including phenoxy) is 3. The number of hydrogen-bond donors (Lipinski definition) is 2. The number of carbonyl (C=O) groups excluding carboxylic acids is 2. The Hall–Kier alpha value is -3.98. The van der Waals surface area contributed by atoms with Gasteiger partial charge in [0.15, 0.2) is 23.0 Å². The molecule has 8 nitrogen and oxygen atoms in total. The molecule has 0 unspecified atom stereocenters. The molecule has 2 N–H and O–H groups in total. The number of aliphatic hydroxyl groups excluding tert-OH is 1. The third-order valence-electron chi connectivity index (χ3n) is 6.35. The minimum atomic E-state index is -0.890. The first-order valence-corrected chi connectivity index (χ1v) is 12.8. The van der Waals surface area contributed by atoms with Crippen molar-refractivity contribution in [3.05, 3.63) is 87.4 Å². The molecule has 4 rings (SSSR count).